The number of amides is 1. The summed E-state index contributed by atoms with van der Waals surface area (Å²) in [4.78, 5) is 13.9. The highest BCUT2D eigenvalue weighted by molar-refractivity contribution is 5.68. The van der Waals surface area contributed by atoms with Crippen LogP contribution in [0.15, 0.2) is 10.2 Å². The van der Waals surface area contributed by atoms with E-state index >= 15 is 0 Å². The van der Waals surface area contributed by atoms with Crippen LogP contribution < -0.4 is 5.32 Å². The summed E-state index contributed by atoms with van der Waals surface area (Å²) in [6.07, 6.45) is 5.31. The molecule has 0 aromatic heterocycles. The zero-order valence-electron chi connectivity index (χ0n) is 13.3. The van der Waals surface area contributed by atoms with Crippen LogP contribution in [0.25, 0.3) is 0 Å². The predicted molar refractivity (Wildman–Crippen MR) is 79.2 cm³/mol. The number of hydrogen-bond acceptors (Lipinski definition) is 5. The van der Waals surface area contributed by atoms with E-state index in [0.717, 1.165) is 32.4 Å². The first kappa shape index (κ1) is 14.8. The summed E-state index contributed by atoms with van der Waals surface area (Å²) in [5, 5.41) is 12.1. The molecular formula is C15H26N4O2. The topological polar surface area (TPSA) is 66.3 Å². The number of carbonyl (C=O) groups excluding carboxylic acids is 1. The molecule has 2 atom stereocenters. The normalized spacial score (nSPS) is 30.7. The summed E-state index contributed by atoms with van der Waals surface area (Å²) in [6, 6.07) is 0.855. The van der Waals surface area contributed by atoms with Gasteiger partial charge in [0.15, 0.2) is 5.66 Å². The fourth-order valence-corrected chi connectivity index (χ4v) is 3.35. The third-order valence-electron chi connectivity index (χ3n) is 4.40. The lowest BCUT2D eigenvalue weighted by Crippen LogP contribution is -2.45. The van der Waals surface area contributed by atoms with E-state index in [-0.39, 0.29) is 11.8 Å². The van der Waals surface area contributed by atoms with E-state index in [2.05, 4.69) is 15.5 Å². The minimum Gasteiger partial charge on any atom is -0.444 e. The number of carbonyl (C=O) groups is 1. The van der Waals surface area contributed by atoms with Crippen LogP contribution in [-0.2, 0) is 4.74 Å². The molecule has 2 aliphatic heterocycles. The SMILES string of the molecule is CC(C)(C)OC(=O)N1CCC(NC2CCCC3(C2)N=N3)C1. The Kier molecular flexibility index (Phi) is 3.67. The lowest BCUT2D eigenvalue weighted by Gasteiger charge is -2.29. The van der Waals surface area contributed by atoms with Gasteiger partial charge in [0.1, 0.15) is 5.60 Å². The molecule has 1 aliphatic carbocycles. The number of nitrogens with one attached hydrogen (secondary N) is 1. The van der Waals surface area contributed by atoms with Gasteiger partial charge in [-0.2, -0.15) is 10.2 Å². The second-order valence-electron chi connectivity index (χ2n) is 7.55. The van der Waals surface area contributed by atoms with E-state index in [1.54, 1.807) is 0 Å². The van der Waals surface area contributed by atoms with Gasteiger partial charge in [0, 0.05) is 31.6 Å². The van der Waals surface area contributed by atoms with Crippen molar-refractivity contribution in [1.82, 2.24) is 10.2 Å². The van der Waals surface area contributed by atoms with Crippen LogP contribution in [0.4, 0.5) is 4.79 Å². The summed E-state index contributed by atoms with van der Waals surface area (Å²) >= 11 is 0. The van der Waals surface area contributed by atoms with Gasteiger partial charge in [0.05, 0.1) is 0 Å². The molecule has 1 spiro atoms. The van der Waals surface area contributed by atoms with Crippen molar-refractivity contribution in [3.05, 3.63) is 0 Å². The van der Waals surface area contributed by atoms with E-state index in [0.29, 0.717) is 12.1 Å². The van der Waals surface area contributed by atoms with Crippen LogP contribution in [0.3, 0.4) is 0 Å². The molecule has 2 fully saturated rings. The number of nitrogens with zero attached hydrogens (tertiary/aromatic N) is 3. The van der Waals surface area contributed by atoms with Crippen molar-refractivity contribution in [3.63, 3.8) is 0 Å². The van der Waals surface area contributed by atoms with E-state index in [1.165, 1.54) is 12.8 Å². The summed E-state index contributed by atoms with van der Waals surface area (Å²) < 4.78 is 5.43. The Morgan fingerprint density at radius 1 is 1.29 bits per heavy atom. The molecule has 0 aromatic rings. The summed E-state index contributed by atoms with van der Waals surface area (Å²) in [7, 11) is 0. The van der Waals surface area contributed by atoms with Crippen molar-refractivity contribution in [1.29, 1.82) is 0 Å². The summed E-state index contributed by atoms with van der Waals surface area (Å²) in [5.74, 6) is 0. The number of ether oxygens (including phenoxy) is 1. The fourth-order valence-electron chi connectivity index (χ4n) is 3.35. The van der Waals surface area contributed by atoms with Gasteiger partial charge in [-0.05, 0) is 46.5 Å². The molecule has 6 heteroatoms. The van der Waals surface area contributed by atoms with Gasteiger partial charge in [-0.1, -0.05) is 0 Å². The summed E-state index contributed by atoms with van der Waals surface area (Å²) in [6.45, 7) is 7.23. The van der Waals surface area contributed by atoms with Gasteiger partial charge in [-0.3, -0.25) is 0 Å². The molecule has 2 heterocycles. The van der Waals surface area contributed by atoms with Crippen molar-refractivity contribution in [2.75, 3.05) is 13.1 Å². The monoisotopic (exact) mass is 294 g/mol. The van der Waals surface area contributed by atoms with Gasteiger partial charge < -0.3 is 15.0 Å². The highest BCUT2D eigenvalue weighted by atomic mass is 16.6. The third-order valence-corrected chi connectivity index (χ3v) is 4.40. The highest BCUT2D eigenvalue weighted by Gasteiger charge is 2.45. The third kappa shape index (κ3) is 3.73. The molecule has 21 heavy (non-hydrogen) atoms. The second-order valence-corrected chi connectivity index (χ2v) is 7.55. The molecule has 0 radical (unpaired) electrons. The number of likely N-dealkylation sites (tertiary alicyclic amines) is 1. The van der Waals surface area contributed by atoms with Crippen LogP contribution in [-0.4, -0.2) is 47.4 Å². The zero-order valence-corrected chi connectivity index (χ0v) is 13.3. The van der Waals surface area contributed by atoms with Gasteiger partial charge in [-0.15, -0.1) is 0 Å². The Balaban J connectivity index is 1.45. The Hall–Kier alpha value is -1.17. The van der Waals surface area contributed by atoms with E-state index < -0.39 is 5.60 Å². The Labute approximate surface area is 126 Å². The molecule has 2 unspecified atom stereocenters. The van der Waals surface area contributed by atoms with Gasteiger partial charge in [-0.25, -0.2) is 4.79 Å². The Bertz CT molecular complexity index is 437. The van der Waals surface area contributed by atoms with Crippen LogP contribution in [0.1, 0.15) is 52.9 Å². The van der Waals surface area contributed by atoms with Crippen LogP contribution in [0.5, 0.6) is 0 Å². The number of hydrogen-bond donors (Lipinski definition) is 1. The van der Waals surface area contributed by atoms with Gasteiger partial charge in [0.25, 0.3) is 0 Å². The maximum atomic E-state index is 12.1. The molecule has 1 saturated carbocycles. The fraction of sp³-hybridized carbons (Fsp3) is 0.933. The molecule has 0 aromatic carbocycles. The molecule has 1 saturated heterocycles. The average molecular weight is 294 g/mol. The lowest BCUT2D eigenvalue weighted by atomic mass is 9.88. The first-order chi connectivity index (χ1) is 9.85. The van der Waals surface area contributed by atoms with Gasteiger partial charge in [0.2, 0.25) is 0 Å². The molecule has 3 rings (SSSR count). The standard InChI is InChI=1S/C15H26N4O2/c1-14(2,3)21-13(20)19-8-6-12(10-19)16-11-5-4-7-15(9-11)17-18-15/h11-12,16H,4-10H2,1-3H3. The minimum atomic E-state index is -0.423. The minimum absolute atomic E-state index is 0.0423. The van der Waals surface area contributed by atoms with Crippen molar-refractivity contribution >= 4 is 6.09 Å². The van der Waals surface area contributed by atoms with E-state index in [9.17, 15) is 4.79 Å². The Morgan fingerprint density at radius 3 is 2.71 bits per heavy atom. The maximum absolute atomic E-state index is 12.1. The van der Waals surface area contributed by atoms with Crippen LogP contribution in [0, 0.1) is 0 Å². The smallest absolute Gasteiger partial charge is 0.410 e. The van der Waals surface area contributed by atoms with Crippen LogP contribution in [0.2, 0.25) is 0 Å². The molecule has 1 amide bonds. The Morgan fingerprint density at radius 2 is 2.05 bits per heavy atom. The first-order valence-electron chi connectivity index (χ1n) is 8.03. The summed E-state index contributed by atoms with van der Waals surface area (Å²) in [5.41, 5.74) is -0.466. The van der Waals surface area contributed by atoms with Crippen molar-refractivity contribution in [3.8, 4) is 0 Å². The predicted octanol–water partition coefficient (Wildman–Crippen LogP) is 2.69. The highest BCUT2D eigenvalue weighted by Crippen LogP contribution is 2.42. The zero-order chi connectivity index (χ0) is 15.1. The largest absolute Gasteiger partial charge is 0.444 e. The molecule has 1 N–H and O–H groups in total. The molecule has 3 aliphatic rings. The van der Waals surface area contributed by atoms with Crippen LogP contribution >= 0.6 is 0 Å². The quantitative estimate of drug-likeness (QED) is 0.851. The van der Waals surface area contributed by atoms with E-state index in [4.69, 9.17) is 4.74 Å². The van der Waals surface area contributed by atoms with E-state index in [1.807, 2.05) is 25.7 Å². The molecule has 118 valence electrons. The molecular weight excluding hydrogens is 268 g/mol. The molecule has 6 nitrogen and oxygen atoms in total. The van der Waals surface area contributed by atoms with Crippen molar-refractivity contribution < 1.29 is 9.53 Å². The molecule has 0 bridgehead atoms. The van der Waals surface area contributed by atoms with Crippen molar-refractivity contribution in [2.45, 2.75) is 76.2 Å². The second kappa shape index (κ2) is 5.23. The maximum Gasteiger partial charge on any atom is 0.410 e. The van der Waals surface area contributed by atoms with Crippen molar-refractivity contribution in [2.24, 2.45) is 10.2 Å². The average Bonchev–Trinajstić information content (AvgIpc) is 2.94. The first-order valence-corrected chi connectivity index (χ1v) is 8.03. The lowest BCUT2D eigenvalue weighted by molar-refractivity contribution is 0.0290. The van der Waals surface area contributed by atoms with Gasteiger partial charge >= 0.3 is 6.09 Å². The number of rotatable bonds is 2.